The van der Waals surface area contributed by atoms with E-state index in [0.717, 1.165) is 30.4 Å². The van der Waals surface area contributed by atoms with Crippen LogP contribution in [0.15, 0.2) is 12.1 Å². The van der Waals surface area contributed by atoms with Gasteiger partial charge in [-0.25, -0.2) is 0 Å². The second-order valence-electron chi connectivity index (χ2n) is 4.91. The van der Waals surface area contributed by atoms with Crippen molar-refractivity contribution in [3.63, 3.8) is 0 Å². The Hall–Kier alpha value is -1.69. The van der Waals surface area contributed by atoms with Gasteiger partial charge in [0.2, 0.25) is 0 Å². The van der Waals surface area contributed by atoms with Crippen molar-refractivity contribution in [3.05, 3.63) is 18.0 Å². The number of hydrogen-bond donors (Lipinski definition) is 0. The second-order valence-corrected chi connectivity index (χ2v) is 4.91. The highest BCUT2D eigenvalue weighted by Crippen LogP contribution is 2.38. The summed E-state index contributed by atoms with van der Waals surface area (Å²) < 4.78 is 7.25. The van der Waals surface area contributed by atoms with Crippen LogP contribution >= 0.6 is 0 Å². The lowest BCUT2D eigenvalue weighted by Gasteiger charge is -2.17. The van der Waals surface area contributed by atoms with Gasteiger partial charge in [-0.2, -0.15) is 4.52 Å². The smallest absolute Gasteiger partial charge is 0.178 e. The van der Waals surface area contributed by atoms with Crippen LogP contribution in [0.5, 0.6) is 0 Å². The summed E-state index contributed by atoms with van der Waals surface area (Å²) in [6.45, 7) is 4.29. The van der Waals surface area contributed by atoms with E-state index in [4.69, 9.17) is 4.74 Å². The van der Waals surface area contributed by atoms with E-state index >= 15 is 0 Å². The summed E-state index contributed by atoms with van der Waals surface area (Å²) in [6, 6.07) is 3.95. The number of rotatable bonds is 6. The van der Waals surface area contributed by atoms with Crippen molar-refractivity contribution in [1.82, 2.24) is 19.8 Å². The number of likely N-dealkylation sites (N-methyl/N-ethyl adjacent to an activating group) is 1. The van der Waals surface area contributed by atoms with E-state index in [0.29, 0.717) is 12.5 Å². The first-order chi connectivity index (χ1) is 9.29. The fraction of sp³-hybridized carbons (Fsp3) is 0.615. The Morgan fingerprint density at radius 1 is 1.37 bits per heavy atom. The molecule has 0 N–H and O–H groups in total. The summed E-state index contributed by atoms with van der Waals surface area (Å²) in [7, 11) is 2.02. The van der Waals surface area contributed by atoms with E-state index < -0.39 is 0 Å². The van der Waals surface area contributed by atoms with Crippen LogP contribution in [0.1, 0.15) is 31.5 Å². The molecule has 1 fully saturated rings. The lowest BCUT2D eigenvalue weighted by molar-refractivity contribution is 0.154. The molecule has 19 heavy (non-hydrogen) atoms. The quantitative estimate of drug-likeness (QED) is 0.737. The Kier molecular flexibility index (Phi) is 3.33. The SMILES string of the molecule is CCOCCN(C)c1ccc2nnc(C3CC3)n2n1. The summed E-state index contributed by atoms with van der Waals surface area (Å²) >= 11 is 0. The van der Waals surface area contributed by atoms with Gasteiger partial charge in [0.15, 0.2) is 11.5 Å². The molecular weight excluding hydrogens is 242 g/mol. The third-order valence-electron chi connectivity index (χ3n) is 3.38. The third kappa shape index (κ3) is 2.53. The predicted molar refractivity (Wildman–Crippen MR) is 72.5 cm³/mol. The van der Waals surface area contributed by atoms with Crippen molar-refractivity contribution in [3.8, 4) is 0 Å². The van der Waals surface area contributed by atoms with Crippen molar-refractivity contribution in [2.45, 2.75) is 25.7 Å². The van der Waals surface area contributed by atoms with Crippen molar-refractivity contribution in [2.75, 3.05) is 31.7 Å². The highest BCUT2D eigenvalue weighted by Gasteiger charge is 2.29. The Bertz CT molecular complexity index is 563. The minimum Gasteiger partial charge on any atom is -0.380 e. The topological polar surface area (TPSA) is 55.5 Å². The molecule has 0 amide bonds. The van der Waals surface area contributed by atoms with Crippen LogP contribution < -0.4 is 4.90 Å². The molecule has 0 spiro atoms. The number of ether oxygens (including phenoxy) is 1. The molecule has 0 aromatic carbocycles. The standard InChI is InChI=1S/C13H19N5O/c1-3-19-9-8-17(2)12-7-6-11-14-15-13(10-4-5-10)18(11)16-12/h6-7,10H,3-5,8-9H2,1-2H3. The van der Waals surface area contributed by atoms with E-state index in [2.05, 4.69) is 20.2 Å². The van der Waals surface area contributed by atoms with E-state index in [1.54, 1.807) is 0 Å². The molecular formula is C13H19N5O. The fourth-order valence-corrected chi connectivity index (χ4v) is 2.06. The van der Waals surface area contributed by atoms with Crippen molar-refractivity contribution >= 4 is 11.5 Å². The van der Waals surface area contributed by atoms with Crippen molar-refractivity contribution in [2.24, 2.45) is 0 Å². The van der Waals surface area contributed by atoms with Gasteiger partial charge >= 0.3 is 0 Å². The molecule has 2 heterocycles. The maximum atomic E-state index is 5.37. The number of nitrogens with zero attached hydrogens (tertiary/aromatic N) is 5. The van der Waals surface area contributed by atoms with Gasteiger partial charge in [0.05, 0.1) is 6.61 Å². The molecule has 6 heteroatoms. The molecule has 2 aromatic heterocycles. The number of anilines is 1. The largest absolute Gasteiger partial charge is 0.380 e. The minimum absolute atomic E-state index is 0.548. The van der Waals surface area contributed by atoms with Crippen LogP contribution in [0.2, 0.25) is 0 Å². The fourth-order valence-electron chi connectivity index (χ4n) is 2.06. The van der Waals surface area contributed by atoms with Gasteiger partial charge in [0, 0.05) is 26.1 Å². The van der Waals surface area contributed by atoms with Gasteiger partial charge in [-0.15, -0.1) is 15.3 Å². The summed E-state index contributed by atoms with van der Waals surface area (Å²) in [5.41, 5.74) is 0.823. The zero-order chi connectivity index (χ0) is 13.2. The summed E-state index contributed by atoms with van der Waals surface area (Å²) in [5.74, 6) is 2.47. The van der Waals surface area contributed by atoms with Crippen LogP contribution in [0.3, 0.4) is 0 Å². The van der Waals surface area contributed by atoms with Crippen LogP contribution in [0.4, 0.5) is 5.82 Å². The number of hydrogen-bond acceptors (Lipinski definition) is 5. The maximum absolute atomic E-state index is 5.37. The normalized spacial score (nSPS) is 15.1. The molecule has 0 radical (unpaired) electrons. The van der Waals surface area contributed by atoms with Gasteiger partial charge in [-0.05, 0) is 31.9 Å². The second kappa shape index (κ2) is 5.13. The van der Waals surface area contributed by atoms with Crippen LogP contribution in [-0.2, 0) is 4.74 Å². The van der Waals surface area contributed by atoms with Crippen LogP contribution in [0.25, 0.3) is 5.65 Å². The first-order valence-corrected chi connectivity index (χ1v) is 6.81. The summed E-state index contributed by atoms with van der Waals surface area (Å²) in [6.07, 6.45) is 2.40. The lowest BCUT2D eigenvalue weighted by atomic mass is 10.4. The molecule has 1 saturated carbocycles. The van der Waals surface area contributed by atoms with Gasteiger partial charge in [-0.3, -0.25) is 0 Å². The Morgan fingerprint density at radius 3 is 2.95 bits per heavy atom. The van der Waals surface area contributed by atoms with Gasteiger partial charge in [-0.1, -0.05) is 0 Å². The average molecular weight is 261 g/mol. The molecule has 1 aliphatic rings. The predicted octanol–water partition coefficient (Wildman–Crippen LogP) is 1.47. The molecule has 2 aromatic rings. The maximum Gasteiger partial charge on any atom is 0.178 e. The summed E-state index contributed by atoms with van der Waals surface area (Å²) in [5, 5.41) is 13.0. The zero-order valence-electron chi connectivity index (χ0n) is 11.4. The van der Waals surface area contributed by atoms with E-state index in [1.807, 2.05) is 30.6 Å². The molecule has 0 unspecified atom stereocenters. The summed E-state index contributed by atoms with van der Waals surface area (Å²) in [4.78, 5) is 2.09. The molecule has 0 aliphatic heterocycles. The Balaban J connectivity index is 1.81. The first kappa shape index (κ1) is 12.3. The molecule has 0 atom stereocenters. The molecule has 6 nitrogen and oxygen atoms in total. The molecule has 3 rings (SSSR count). The van der Waals surface area contributed by atoms with E-state index in [1.165, 1.54) is 12.8 Å². The highest BCUT2D eigenvalue weighted by atomic mass is 16.5. The average Bonchev–Trinajstić information content (AvgIpc) is 3.18. The molecule has 0 bridgehead atoms. The van der Waals surface area contributed by atoms with Crippen molar-refractivity contribution < 1.29 is 4.74 Å². The van der Waals surface area contributed by atoms with Gasteiger partial charge in [0.25, 0.3) is 0 Å². The minimum atomic E-state index is 0.548. The first-order valence-electron chi connectivity index (χ1n) is 6.81. The van der Waals surface area contributed by atoms with E-state index in [9.17, 15) is 0 Å². The van der Waals surface area contributed by atoms with Crippen LogP contribution in [-0.4, -0.2) is 46.6 Å². The van der Waals surface area contributed by atoms with E-state index in [-0.39, 0.29) is 0 Å². The van der Waals surface area contributed by atoms with Gasteiger partial charge in [0.1, 0.15) is 5.82 Å². The third-order valence-corrected chi connectivity index (χ3v) is 3.38. The van der Waals surface area contributed by atoms with Crippen LogP contribution in [0, 0.1) is 0 Å². The zero-order valence-corrected chi connectivity index (χ0v) is 11.4. The molecule has 0 saturated heterocycles. The number of fused-ring (bicyclic) bond motifs is 1. The monoisotopic (exact) mass is 261 g/mol. The van der Waals surface area contributed by atoms with Crippen molar-refractivity contribution in [1.29, 1.82) is 0 Å². The number of aromatic nitrogens is 4. The highest BCUT2D eigenvalue weighted by molar-refractivity contribution is 5.45. The van der Waals surface area contributed by atoms with Gasteiger partial charge < -0.3 is 9.64 Å². The lowest BCUT2D eigenvalue weighted by Crippen LogP contribution is -2.24. The molecule has 1 aliphatic carbocycles. The molecule has 102 valence electrons. The Labute approximate surface area is 112 Å². The Morgan fingerprint density at radius 2 is 2.21 bits per heavy atom.